The molecule has 2 aliphatic heterocycles. The zero-order valence-electron chi connectivity index (χ0n) is 16.8. The Morgan fingerprint density at radius 2 is 1.93 bits per heavy atom. The summed E-state index contributed by atoms with van der Waals surface area (Å²) in [5.41, 5.74) is 0.903. The molecule has 3 heterocycles. The van der Waals surface area contributed by atoms with Gasteiger partial charge in [0.15, 0.2) is 0 Å². The summed E-state index contributed by atoms with van der Waals surface area (Å²) in [6, 6.07) is 4.29. The Kier molecular flexibility index (Phi) is 6.03. The molecule has 0 saturated carbocycles. The van der Waals surface area contributed by atoms with Crippen molar-refractivity contribution in [3.8, 4) is 0 Å². The minimum absolute atomic E-state index is 0.0798. The van der Waals surface area contributed by atoms with Crippen LogP contribution in [0.15, 0.2) is 23.1 Å². The molecule has 2 amide bonds. The molecular weight excluding hydrogens is 426 g/mol. The highest BCUT2D eigenvalue weighted by Gasteiger charge is 2.35. The van der Waals surface area contributed by atoms with E-state index in [-0.39, 0.29) is 23.3 Å². The first-order valence-corrected chi connectivity index (χ1v) is 12.4. The molecule has 2 atom stereocenters. The zero-order valence-corrected chi connectivity index (χ0v) is 18.4. The second kappa shape index (κ2) is 8.56. The Morgan fingerprint density at radius 3 is 2.70 bits per heavy atom. The van der Waals surface area contributed by atoms with E-state index in [1.54, 1.807) is 24.0 Å². The number of amides is 2. The number of piperidine rings is 1. The van der Waals surface area contributed by atoms with E-state index < -0.39 is 22.0 Å². The van der Waals surface area contributed by atoms with E-state index in [1.165, 1.54) is 10.4 Å². The molecule has 0 aliphatic carbocycles. The lowest BCUT2D eigenvalue weighted by Crippen LogP contribution is -2.51. The number of nitrogens with zero attached hydrogens (tertiary/aromatic N) is 4. The third-order valence-electron chi connectivity index (χ3n) is 5.77. The molecule has 30 heavy (non-hydrogen) atoms. The maximum absolute atomic E-state index is 13.2. The van der Waals surface area contributed by atoms with Gasteiger partial charge in [-0.05, 0) is 44.7 Å². The number of hydrogen-bond donors (Lipinski definition) is 1. The summed E-state index contributed by atoms with van der Waals surface area (Å²) in [7, 11) is -3.80. The number of likely N-dealkylation sites (tertiary alicyclic amines) is 1. The van der Waals surface area contributed by atoms with E-state index >= 15 is 0 Å². The minimum Gasteiger partial charge on any atom is -0.344 e. The number of sulfonamides is 1. The highest BCUT2D eigenvalue weighted by Crippen LogP contribution is 2.28. The molecule has 1 unspecified atom stereocenters. The number of hydrogen-bond acceptors (Lipinski definition) is 7. The summed E-state index contributed by atoms with van der Waals surface area (Å²) in [6.45, 7) is 3.58. The largest absolute Gasteiger partial charge is 0.344 e. The maximum Gasteiger partial charge on any atom is 0.245 e. The molecule has 11 heteroatoms. The Morgan fingerprint density at radius 1 is 1.17 bits per heavy atom. The molecule has 2 fully saturated rings. The van der Waals surface area contributed by atoms with Crippen LogP contribution in [0.3, 0.4) is 0 Å². The van der Waals surface area contributed by atoms with Gasteiger partial charge in [0.05, 0.1) is 17.6 Å². The fourth-order valence-corrected chi connectivity index (χ4v) is 6.38. The molecule has 2 saturated heterocycles. The molecule has 1 aromatic carbocycles. The van der Waals surface area contributed by atoms with Gasteiger partial charge in [0.1, 0.15) is 22.0 Å². The predicted molar refractivity (Wildman–Crippen MR) is 112 cm³/mol. The van der Waals surface area contributed by atoms with Crippen LogP contribution in [-0.4, -0.2) is 70.4 Å². The first-order valence-electron chi connectivity index (χ1n) is 10.2. The molecule has 4 rings (SSSR count). The van der Waals surface area contributed by atoms with Gasteiger partial charge in [-0.3, -0.25) is 9.59 Å². The number of carbonyl (C=O) groups is 2. The summed E-state index contributed by atoms with van der Waals surface area (Å²) < 4.78 is 36.1. The van der Waals surface area contributed by atoms with Crippen molar-refractivity contribution < 1.29 is 18.0 Å². The van der Waals surface area contributed by atoms with E-state index in [1.807, 2.05) is 0 Å². The van der Waals surface area contributed by atoms with Crippen LogP contribution in [0.2, 0.25) is 0 Å². The average molecular weight is 452 g/mol. The maximum atomic E-state index is 13.2. The molecule has 0 spiro atoms. The standard InChI is InChI=1S/C19H25N5O4S2/c1-13(19(26)23-9-2-3-10-23)20-18(25)14-6-5-11-24(12-14)30(27,28)16-8-4-7-15-17(16)22-29-21-15/h4,7-8,13-14H,2-3,5-6,9-12H2,1H3,(H,20,25)/t13-,14?/m0/s1. The summed E-state index contributed by atoms with van der Waals surface area (Å²) >= 11 is 0.972. The molecular formula is C19H25N5O4S2. The van der Waals surface area contributed by atoms with Crippen molar-refractivity contribution in [1.29, 1.82) is 0 Å². The lowest BCUT2D eigenvalue weighted by molar-refractivity contribution is -0.136. The van der Waals surface area contributed by atoms with Crippen LogP contribution < -0.4 is 5.32 Å². The molecule has 2 aromatic rings. The average Bonchev–Trinajstić information content (AvgIpc) is 3.44. The summed E-state index contributed by atoms with van der Waals surface area (Å²) in [5, 5.41) is 2.79. The van der Waals surface area contributed by atoms with Crippen molar-refractivity contribution in [2.24, 2.45) is 5.92 Å². The van der Waals surface area contributed by atoms with Crippen molar-refractivity contribution in [2.45, 2.75) is 43.5 Å². The van der Waals surface area contributed by atoms with Crippen molar-refractivity contribution in [3.05, 3.63) is 18.2 Å². The number of benzene rings is 1. The number of fused-ring (bicyclic) bond motifs is 1. The Balaban J connectivity index is 1.45. The fraction of sp³-hybridized carbons (Fsp3) is 0.579. The van der Waals surface area contributed by atoms with E-state index in [2.05, 4.69) is 14.1 Å². The topological polar surface area (TPSA) is 113 Å². The quantitative estimate of drug-likeness (QED) is 0.731. The molecule has 0 radical (unpaired) electrons. The van der Waals surface area contributed by atoms with E-state index in [9.17, 15) is 18.0 Å². The van der Waals surface area contributed by atoms with Crippen LogP contribution in [0.5, 0.6) is 0 Å². The smallest absolute Gasteiger partial charge is 0.245 e. The van der Waals surface area contributed by atoms with Crippen LogP contribution in [0.1, 0.15) is 32.6 Å². The first kappa shape index (κ1) is 21.1. The Bertz CT molecular complexity index is 1050. The zero-order chi connectivity index (χ0) is 21.3. The van der Waals surface area contributed by atoms with Crippen LogP contribution in [0.4, 0.5) is 0 Å². The van der Waals surface area contributed by atoms with Crippen molar-refractivity contribution >= 4 is 44.6 Å². The van der Waals surface area contributed by atoms with Crippen LogP contribution in [-0.2, 0) is 19.6 Å². The van der Waals surface area contributed by atoms with Gasteiger partial charge < -0.3 is 10.2 Å². The number of aromatic nitrogens is 2. The number of carbonyl (C=O) groups excluding carboxylic acids is 2. The van der Waals surface area contributed by atoms with Crippen LogP contribution in [0, 0.1) is 5.92 Å². The van der Waals surface area contributed by atoms with Crippen molar-refractivity contribution in [2.75, 3.05) is 26.2 Å². The third kappa shape index (κ3) is 4.06. The van der Waals surface area contributed by atoms with Gasteiger partial charge in [0.25, 0.3) is 0 Å². The number of nitrogens with one attached hydrogen (secondary N) is 1. The SMILES string of the molecule is C[C@H](NC(=O)C1CCCN(S(=O)(=O)c2cccc3nsnc23)C1)C(=O)N1CCCC1. The second-order valence-corrected chi connectivity index (χ2v) is 10.3. The van der Waals surface area contributed by atoms with Gasteiger partial charge in [0, 0.05) is 26.2 Å². The molecule has 1 aromatic heterocycles. The normalized spacial score (nSPS) is 21.6. The van der Waals surface area contributed by atoms with E-state index in [0.717, 1.165) is 37.7 Å². The molecule has 0 bridgehead atoms. The lowest BCUT2D eigenvalue weighted by atomic mass is 9.98. The summed E-state index contributed by atoms with van der Waals surface area (Å²) in [4.78, 5) is 27.1. The van der Waals surface area contributed by atoms with Gasteiger partial charge in [-0.2, -0.15) is 13.1 Å². The van der Waals surface area contributed by atoms with Gasteiger partial charge in [0.2, 0.25) is 21.8 Å². The van der Waals surface area contributed by atoms with Gasteiger partial charge in [-0.15, -0.1) is 0 Å². The first-order chi connectivity index (χ1) is 14.4. The molecule has 162 valence electrons. The minimum atomic E-state index is -3.80. The Labute approximate surface area is 179 Å². The molecule has 9 nitrogen and oxygen atoms in total. The van der Waals surface area contributed by atoms with Crippen LogP contribution >= 0.6 is 11.7 Å². The van der Waals surface area contributed by atoms with Crippen molar-refractivity contribution in [1.82, 2.24) is 23.3 Å². The monoisotopic (exact) mass is 451 g/mol. The Hall–Kier alpha value is -2.11. The molecule has 1 N–H and O–H groups in total. The van der Waals surface area contributed by atoms with Crippen molar-refractivity contribution in [3.63, 3.8) is 0 Å². The third-order valence-corrected chi connectivity index (χ3v) is 8.21. The predicted octanol–water partition coefficient (Wildman–Crippen LogP) is 1.22. The highest BCUT2D eigenvalue weighted by molar-refractivity contribution is 7.89. The number of rotatable bonds is 5. The lowest BCUT2D eigenvalue weighted by Gasteiger charge is -2.32. The highest BCUT2D eigenvalue weighted by atomic mass is 32.2. The van der Waals surface area contributed by atoms with Gasteiger partial charge in [-0.1, -0.05) is 6.07 Å². The second-order valence-electron chi connectivity index (χ2n) is 7.85. The van der Waals surface area contributed by atoms with Gasteiger partial charge in [-0.25, -0.2) is 8.42 Å². The van der Waals surface area contributed by atoms with Crippen LogP contribution in [0.25, 0.3) is 11.0 Å². The van der Waals surface area contributed by atoms with E-state index in [4.69, 9.17) is 0 Å². The molecule has 2 aliphatic rings. The van der Waals surface area contributed by atoms with E-state index in [0.29, 0.717) is 30.4 Å². The van der Waals surface area contributed by atoms with Gasteiger partial charge >= 0.3 is 0 Å². The fourth-order valence-electron chi connectivity index (χ4n) is 4.11. The summed E-state index contributed by atoms with van der Waals surface area (Å²) in [5.74, 6) is -0.845. The summed E-state index contributed by atoms with van der Waals surface area (Å²) in [6.07, 6.45) is 3.15.